The number of carbonyl (C=O) groups excluding carboxylic acids is 1. The summed E-state index contributed by atoms with van der Waals surface area (Å²) in [4.78, 5) is 10.9. The van der Waals surface area contributed by atoms with Crippen LogP contribution in [0.5, 0.6) is 0 Å². The molecule has 0 aromatic heterocycles. The zero-order valence-electron chi connectivity index (χ0n) is 9.75. The minimum atomic E-state index is -0.319. The first-order valence-corrected chi connectivity index (χ1v) is 5.13. The van der Waals surface area contributed by atoms with Crippen molar-refractivity contribution in [2.45, 2.75) is 20.3 Å². The van der Waals surface area contributed by atoms with Crippen LogP contribution in [0.1, 0.15) is 20.3 Å². The monoisotopic (exact) mass is 216 g/mol. The summed E-state index contributed by atoms with van der Waals surface area (Å²) in [6.45, 7) is 6.08. The molecule has 4 heteroatoms. The van der Waals surface area contributed by atoms with Crippen molar-refractivity contribution in [1.29, 1.82) is 0 Å². The van der Waals surface area contributed by atoms with Gasteiger partial charge in [0.2, 0.25) is 0 Å². The number of hydrogen-bond donors (Lipinski definition) is 0. The summed E-state index contributed by atoms with van der Waals surface area (Å²) >= 11 is 0. The highest BCUT2D eigenvalue weighted by Crippen LogP contribution is 1.95. The van der Waals surface area contributed by atoms with E-state index in [1.807, 2.05) is 0 Å². The number of ether oxygens (including phenoxy) is 3. The van der Waals surface area contributed by atoms with Gasteiger partial charge in [-0.2, -0.15) is 0 Å². The molecule has 0 aliphatic rings. The van der Waals surface area contributed by atoms with E-state index in [1.165, 1.54) is 7.11 Å². The van der Waals surface area contributed by atoms with Crippen LogP contribution in [0.15, 0.2) is 11.6 Å². The molecule has 0 radical (unpaired) electrons. The highest BCUT2D eigenvalue weighted by molar-refractivity contribution is 5.87. The predicted molar refractivity (Wildman–Crippen MR) is 57.7 cm³/mol. The fraction of sp³-hybridized carbons (Fsp3) is 0.727. The number of rotatable bonds is 8. The standard InChI is InChI=1S/C11H20O4/c1-4-6-14-8-9-15-7-5-10(2)11(12)13-3/h5H,4,6-9H2,1-3H3. The molecule has 0 bridgehead atoms. The molecule has 0 atom stereocenters. The largest absolute Gasteiger partial charge is 0.466 e. The zero-order chi connectivity index (χ0) is 11.5. The molecule has 0 N–H and O–H groups in total. The lowest BCUT2D eigenvalue weighted by Gasteiger charge is -2.03. The van der Waals surface area contributed by atoms with E-state index in [0.717, 1.165) is 13.0 Å². The Morgan fingerprint density at radius 1 is 1.20 bits per heavy atom. The molecular formula is C11H20O4. The van der Waals surface area contributed by atoms with Crippen LogP contribution in [-0.2, 0) is 19.0 Å². The second-order valence-electron chi connectivity index (χ2n) is 3.07. The third-order valence-corrected chi connectivity index (χ3v) is 1.74. The van der Waals surface area contributed by atoms with Gasteiger partial charge in [0.05, 0.1) is 26.9 Å². The van der Waals surface area contributed by atoms with Gasteiger partial charge in [0, 0.05) is 12.2 Å². The van der Waals surface area contributed by atoms with Crippen LogP contribution in [0.4, 0.5) is 0 Å². The second-order valence-corrected chi connectivity index (χ2v) is 3.07. The zero-order valence-corrected chi connectivity index (χ0v) is 9.75. The SMILES string of the molecule is CCCOCCOCC=C(C)C(=O)OC. The molecule has 15 heavy (non-hydrogen) atoms. The lowest BCUT2D eigenvalue weighted by Crippen LogP contribution is -2.06. The third-order valence-electron chi connectivity index (χ3n) is 1.74. The predicted octanol–water partition coefficient (Wildman–Crippen LogP) is 1.55. The molecule has 0 heterocycles. The van der Waals surface area contributed by atoms with Crippen molar-refractivity contribution < 1.29 is 19.0 Å². The molecule has 0 unspecified atom stereocenters. The highest BCUT2D eigenvalue weighted by atomic mass is 16.5. The Labute approximate surface area is 91.2 Å². The molecule has 0 saturated carbocycles. The fourth-order valence-corrected chi connectivity index (χ4v) is 0.876. The maximum absolute atomic E-state index is 10.9. The van der Waals surface area contributed by atoms with Crippen LogP contribution >= 0.6 is 0 Å². The Kier molecular flexibility index (Phi) is 9.11. The van der Waals surface area contributed by atoms with E-state index < -0.39 is 0 Å². The molecule has 0 aromatic carbocycles. The Hall–Kier alpha value is -0.870. The second kappa shape index (κ2) is 9.68. The van der Waals surface area contributed by atoms with Crippen molar-refractivity contribution in [3.05, 3.63) is 11.6 Å². The number of esters is 1. The van der Waals surface area contributed by atoms with Gasteiger partial charge in [-0.05, 0) is 19.4 Å². The summed E-state index contributed by atoms with van der Waals surface area (Å²) in [5, 5.41) is 0. The van der Waals surface area contributed by atoms with E-state index in [2.05, 4.69) is 11.7 Å². The molecule has 0 aliphatic carbocycles. The van der Waals surface area contributed by atoms with Crippen molar-refractivity contribution >= 4 is 5.97 Å². The van der Waals surface area contributed by atoms with E-state index in [1.54, 1.807) is 13.0 Å². The van der Waals surface area contributed by atoms with E-state index in [0.29, 0.717) is 25.4 Å². The normalized spacial score (nSPS) is 11.5. The Morgan fingerprint density at radius 2 is 1.87 bits per heavy atom. The summed E-state index contributed by atoms with van der Waals surface area (Å²) in [5.74, 6) is -0.319. The molecule has 88 valence electrons. The molecule has 0 aliphatic heterocycles. The maximum atomic E-state index is 10.9. The molecular weight excluding hydrogens is 196 g/mol. The lowest BCUT2D eigenvalue weighted by atomic mass is 10.3. The quantitative estimate of drug-likeness (QED) is 0.351. The molecule has 0 fully saturated rings. The molecule has 4 nitrogen and oxygen atoms in total. The molecule has 0 rings (SSSR count). The van der Waals surface area contributed by atoms with Gasteiger partial charge in [-0.25, -0.2) is 4.79 Å². The Bertz CT molecular complexity index is 199. The lowest BCUT2D eigenvalue weighted by molar-refractivity contribution is -0.136. The van der Waals surface area contributed by atoms with Crippen LogP contribution in [-0.4, -0.2) is 39.5 Å². The topological polar surface area (TPSA) is 44.8 Å². The van der Waals surface area contributed by atoms with Crippen molar-refractivity contribution in [3.8, 4) is 0 Å². The minimum absolute atomic E-state index is 0.319. The first-order valence-electron chi connectivity index (χ1n) is 5.13. The average Bonchev–Trinajstić information content (AvgIpc) is 2.26. The van der Waals surface area contributed by atoms with Gasteiger partial charge >= 0.3 is 5.97 Å². The summed E-state index contributed by atoms with van der Waals surface area (Å²) < 4.78 is 15.0. The molecule has 0 amide bonds. The van der Waals surface area contributed by atoms with Gasteiger partial charge in [-0.3, -0.25) is 0 Å². The van der Waals surface area contributed by atoms with Crippen LogP contribution in [0.25, 0.3) is 0 Å². The minimum Gasteiger partial charge on any atom is -0.466 e. The van der Waals surface area contributed by atoms with Gasteiger partial charge in [0.1, 0.15) is 0 Å². The highest BCUT2D eigenvalue weighted by Gasteiger charge is 2.00. The molecule has 0 spiro atoms. The Balaban J connectivity index is 3.40. The van der Waals surface area contributed by atoms with Gasteiger partial charge < -0.3 is 14.2 Å². The van der Waals surface area contributed by atoms with E-state index in [4.69, 9.17) is 9.47 Å². The third kappa shape index (κ3) is 8.15. The van der Waals surface area contributed by atoms with Gasteiger partial charge in [0.15, 0.2) is 0 Å². The smallest absolute Gasteiger partial charge is 0.333 e. The van der Waals surface area contributed by atoms with Crippen molar-refractivity contribution in [1.82, 2.24) is 0 Å². The number of carbonyl (C=O) groups is 1. The number of methoxy groups -OCH3 is 1. The van der Waals surface area contributed by atoms with Crippen molar-refractivity contribution in [2.75, 3.05) is 33.5 Å². The van der Waals surface area contributed by atoms with Crippen LogP contribution < -0.4 is 0 Å². The van der Waals surface area contributed by atoms with Crippen molar-refractivity contribution in [3.63, 3.8) is 0 Å². The maximum Gasteiger partial charge on any atom is 0.333 e. The summed E-state index contributed by atoms with van der Waals surface area (Å²) in [6, 6.07) is 0. The summed E-state index contributed by atoms with van der Waals surface area (Å²) in [7, 11) is 1.36. The van der Waals surface area contributed by atoms with Crippen LogP contribution in [0.3, 0.4) is 0 Å². The summed E-state index contributed by atoms with van der Waals surface area (Å²) in [5.41, 5.74) is 0.562. The van der Waals surface area contributed by atoms with Crippen LogP contribution in [0.2, 0.25) is 0 Å². The van der Waals surface area contributed by atoms with Gasteiger partial charge in [-0.15, -0.1) is 0 Å². The van der Waals surface area contributed by atoms with Gasteiger partial charge in [-0.1, -0.05) is 6.92 Å². The first-order chi connectivity index (χ1) is 7.22. The van der Waals surface area contributed by atoms with Crippen molar-refractivity contribution in [2.24, 2.45) is 0 Å². The van der Waals surface area contributed by atoms with Gasteiger partial charge in [0.25, 0.3) is 0 Å². The number of hydrogen-bond acceptors (Lipinski definition) is 4. The molecule has 0 aromatic rings. The first kappa shape index (κ1) is 14.1. The Morgan fingerprint density at radius 3 is 2.47 bits per heavy atom. The summed E-state index contributed by atoms with van der Waals surface area (Å²) in [6.07, 6.45) is 2.72. The van der Waals surface area contributed by atoms with E-state index in [-0.39, 0.29) is 5.97 Å². The van der Waals surface area contributed by atoms with E-state index >= 15 is 0 Å². The fourth-order valence-electron chi connectivity index (χ4n) is 0.876. The van der Waals surface area contributed by atoms with Crippen LogP contribution in [0, 0.1) is 0 Å². The van der Waals surface area contributed by atoms with E-state index in [9.17, 15) is 4.79 Å². The average molecular weight is 216 g/mol. The molecule has 0 saturated heterocycles.